The van der Waals surface area contributed by atoms with Crippen LogP contribution in [0.25, 0.3) is 11.0 Å². The van der Waals surface area contributed by atoms with Crippen molar-refractivity contribution in [2.24, 2.45) is 0 Å². The highest BCUT2D eigenvalue weighted by atomic mass is 16.5. The summed E-state index contributed by atoms with van der Waals surface area (Å²) in [4.78, 5) is 15.2. The number of rotatable bonds is 6. The van der Waals surface area contributed by atoms with Crippen LogP contribution in [0.3, 0.4) is 0 Å². The van der Waals surface area contributed by atoms with Crippen LogP contribution in [0.4, 0.5) is 5.88 Å². The normalized spacial score (nSPS) is 10.8. The summed E-state index contributed by atoms with van der Waals surface area (Å²) in [7, 11) is 8.03. The summed E-state index contributed by atoms with van der Waals surface area (Å²) in [5.74, 6) is 1.25. The molecule has 0 saturated heterocycles. The van der Waals surface area contributed by atoms with Crippen LogP contribution in [0.2, 0.25) is 0 Å². The van der Waals surface area contributed by atoms with E-state index in [-0.39, 0.29) is 17.1 Å². The molecule has 0 aliphatic heterocycles. The van der Waals surface area contributed by atoms with Crippen LogP contribution in [-0.2, 0) is 0 Å². The minimum Gasteiger partial charge on any atom is -0.504 e. The summed E-state index contributed by atoms with van der Waals surface area (Å²) in [5, 5.41) is 10.9. The molecular weight excluding hydrogens is 362 g/mol. The number of aromatic hydroxyl groups is 1. The number of fused-ring (bicyclic) bond motifs is 1. The molecule has 0 radical (unpaired) electrons. The van der Waals surface area contributed by atoms with Crippen molar-refractivity contribution in [1.29, 1.82) is 0 Å². The van der Waals surface area contributed by atoms with Crippen molar-refractivity contribution in [3.8, 4) is 23.0 Å². The summed E-state index contributed by atoms with van der Waals surface area (Å²) >= 11 is 0. The molecule has 0 spiro atoms. The molecule has 0 unspecified atom stereocenters. The minimum absolute atomic E-state index is 0.0181. The Kier molecular flexibility index (Phi) is 5.09. The number of phenols is 1. The van der Waals surface area contributed by atoms with Crippen LogP contribution in [-0.4, -0.2) is 46.3 Å². The lowest BCUT2D eigenvalue weighted by molar-refractivity contribution is 0.103. The van der Waals surface area contributed by atoms with E-state index in [1.54, 1.807) is 50.2 Å². The van der Waals surface area contributed by atoms with Gasteiger partial charge < -0.3 is 28.6 Å². The van der Waals surface area contributed by atoms with Crippen molar-refractivity contribution in [3.63, 3.8) is 0 Å². The Balaban J connectivity index is 2.27. The Morgan fingerprint density at radius 3 is 2.14 bits per heavy atom. The highest BCUT2D eigenvalue weighted by Crippen LogP contribution is 2.42. The summed E-state index contributed by atoms with van der Waals surface area (Å²) in [6.07, 6.45) is 0. The first-order valence-corrected chi connectivity index (χ1v) is 8.61. The third-order valence-corrected chi connectivity index (χ3v) is 4.58. The first kappa shape index (κ1) is 19.4. The van der Waals surface area contributed by atoms with E-state index in [1.165, 1.54) is 21.3 Å². The molecule has 7 nitrogen and oxygen atoms in total. The Bertz CT molecular complexity index is 1030. The second-order valence-electron chi connectivity index (χ2n) is 6.53. The maximum atomic E-state index is 13.5. The third-order valence-electron chi connectivity index (χ3n) is 4.58. The van der Waals surface area contributed by atoms with Crippen LogP contribution < -0.4 is 19.1 Å². The fourth-order valence-electron chi connectivity index (χ4n) is 3.12. The molecule has 148 valence electrons. The topological polar surface area (TPSA) is 81.4 Å². The predicted octanol–water partition coefficient (Wildman–Crippen LogP) is 3.77. The summed E-state index contributed by atoms with van der Waals surface area (Å²) in [5.41, 5.74) is 1.64. The molecule has 2 aromatic carbocycles. The molecular formula is C21H23NO6. The van der Waals surface area contributed by atoms with Crippen LogP contribution in [0.5, 0.6) is 23.0 Å². The highest BCUT2D eigenvalue weighted by Gasteiger charge is 2.27. The fourth-order valence-corrected chi connectivity index (χ4v) is 3.12. The quantitative estimate of drug-likeness (QED) is 0.647. The zero-order valence-electron chi connectivity index (χ0n) is 16.7. The number of hydrogen-bond acceptors (Lipinski definition) is 7. The number of carbonyl (C=O) groups is 1. The van der Waals surface area contributed by atoms with Gasteiger partial charge in [-0.3, -0.25) is 4.79 Å². The van der Waals surface area contributed by atoms with Crippen LogP contribution >= 0.6 is 0 Å². The van der Waals surface area contributed by atoms with E-state index >= 15 is 0 Å². The van der Waals surface area contributed by atoms with Crippen molar-refractivity contribution in [1.82, 2.24) is 0 Å². The van der Waals surface area contributed by atoms with Gasteiger partial charge in [-0.1, -0.05) is 6.07 Å². The predicted molar refractivity (Wildman–Crippen MR) is 106 cm³/mol. The molecule has 3 rings (SSSR count). The molecule has 7 heteroatoms. The molecule has 1 aromatic heterocycles. The highest BCUT2D eigenvalue weighted by molar-refractivity contribution is 6.20. The molecule has 3 aromatic rings. The number of benzene rings is 2. The van der Waals surface area contributed by atoms with Crippen molar-refractivity contribution < 1.29 is 28.5 Å². The van der Waals surface area contributed by atoms with Gasteiger partial charge in [0.2, 0.25) is 11.6 Å². The monoisotopic (exact) mass is 385 g/mol. The van der Waals surface area contributed by atoms with E-state index in [1.807, 2.05) is 0 Å². The van der Waals surface area contributed by atoms with Gasteiger partial charge in [0.1, 0.15) is 0 Å². The first-order chi connectivity index (χ1) is 13.3. The molecule has 0 saturated carbocycles. The lowest BCUT2D eigenvalue weighted by atomic mass is 9.99. The summed E-state index contributed by atoms with van der Waals surface area (Å²) < 4.78 is 21.9. The molecule has 0 atom stereocenters. The number of ketones is 1. The molecule has 0 fully saturated rings. The minimum atomic E-state index is -0.287. The molecule has 0 bridgehead atoms. The molecule has 28 heavy (non-hydrogen) atoms. The SMILES string of the molecule is COc1cc(C(=O)c2c(N(C)C)oc3c(O)c(C)ccc23)cc(OC)c1OC. The first-order valence-electron chi connectivity index (χ1n) is 8.61. The van der Waals surface area contributed by atoms with Crippen molar-refractivity contribution >= 4 is 22.6 Å². The number of nitrogens with zero attached hydrogens (tertiary/aromatic N) is 1. The maximum Gasteiger partial charge on any atom is 0.207 e. The number of carbonyl (C=O) groups excluding carboxylic acids is 1. The second kappa shape index (κ2) is 7.34. The van der Waals surface area contributed by atoms with E-state index in [4.69, 9.17) is 18.6 Å². The number of phenolic OH excluding ortho intramolecular Hbond substituents is 1. The maximum absolute atomic E-state index is 13.5. The van der Waals surface area contributed by atoms with Crippen LogP contribution in [0.1, 0.15) is 21.5 Å². The number of hydrogen-bond donors (Lipinski definition) is 1. The Morgan fingerprint density at radius 2 is 1.64 bits per heavy atom. The van der Waals surface area contributed by atoms with E-state index in [2.05, 4.69) is 0 Å². The fraction of sp³-hybridized carbons (Fsp3) is 0.286. The summed E-state index contributed by atoms with van der Waals surface area (Å²) in [6.45, 7) is 1.77. The van der Waals surface area contributed by atoms with Crippen molar-refractivity contribution in [2.75, 3.05) is 40.3 Å². The molecule has 0 aliphatic rings. The average Bonchev–Trinajstić information content (AvgIpc) is 3.09. The zero-order valence-corrected chi connectivity index (χ0v) is 16.7. The average molecular weight is 385 g/mol. The van der Waals surface area contributed by atoms with Crippen LogP contribution in [0, 0.1) is 6.92 Å². The van der Waals surface area contributed by atoms with Gasteiger partial charge in [0.25, 0.3) is 0 Å². The van der Waals surface area contributed by atoms with Gasteiger partial charge >= 0.3 is 0 Å². The van der Waals surface area contributed by atoms with Crippen molar-refractivity contribution in [3.05, 3.63) is 41.0 Å². The van der Waals surface area contributed by atoms with Gasteiger partial charge in [-0.15, -0.1) is 0 Å². The molecule has 0 aliphatic carbocycles. The number of anilines is 1. The van der Waals surface area contributed by atoms with E-state index in [9.17, 15) is 9.90 Å². The number of methoxy groups -OCH3 is 3. The number of furan rings is 1. The van der Waals surface area contributed by atoms with Crippen molar-refractivity contribution in [2.45, 2.75) is 6.92 Å². The lowest BCUT2D eigenvalue weighted by Crippen LogP contribution is -2.13. The van der Waals surface area contributed by atoms with E-state index < -0.39 is 0 Å². The molecule has 1 heterocycles. The largest absolute Gasteiger partial charge is 0.504 e. The van der Waals surface area contributed by atoms with Gasteiger partial charge in [-0.25, -0.2) is 0 Å². The van der Waals surface area contributed by atoms with E-state index in [0.717, 1.165) is 0 Å². The zero-order chi connectivity index (χ0) is 20.6. The number of aryl methyl sites for hydroxylation is 1. The lowest BCUT2D eigenvalue weighted by Gasteiger charge is -2.14. The van der Waals surface area contributed by atoms with Crippen LogP contribution in [0.15, 0.2) is 28.7 Å². The van der Waals surface area contributed by atoms with E-state index in [0.29, 0.717) is 45.2 Å². The third kappa shape index (κ3) is 2.98. The molecule has 0 amide bonds. The second-order valence-corrected chi connectivity index (χ2v) is 6.53. The van der Waals surface area contributed by atoms with Gasteiger partial charge in [-0.05, 0) is 30.7 Å². The smallest absolute Gasteiger partial charge is 0.207 e. The Labute approximate surface area is 163 Å². The number of ether oxygens (including phenoxy) is 3. The Hall–Kier alpha value is -3.35. The van der Waals surface area contributed by atoms with Gasteiger partial charge in [-0.2, -0.15) is 0 Å². The molecule has 1 N–H and O–H groups in total. The Morgan fingerprint density at radius 1 is 1.04 bits per heavy atom. The summed E-state index contributed by atoms with van der Waals surface area (Å²) in [6, 6.07) is 6.71. The van der Waals surface area contributed by atoms with Gasteiger partial charge in [0.05, 0.1) is 26.9 Å². The van der Waals surface area contributed by atoms with Gasteiger partial charge in [0.15, 0.2) is 28.6 Å². The standard InChI is InChI=1S/C21H23NO6/c1-11-7-8-13-16(21(22(2)3)28-19(13)17(11)23)18(24)12-9-14(25-4)20(27-6)15(10-12)26-5/h7-10,23H,1-6H3. The van der Waals surface area contributed by atoms with Gasteiger partial charge in [0, 0.05) is 25.0 Å².